The first-order valence-corrected chi connectivity index (χ1v) is 9.73. The van der Waals surface area contributed by atoms with Gasteiger partial charge in [-0.15, -0.1) is 0 Å². The monoisotopic (exact) mass is 370 g/mol. The molecule has 140 valence electrons. The molecule has 0 saturated carbocycles. The molecule has 0 unspecified atom stereocenters. The van der Waals surface area contributed by atoms with Gasteiger partial charge in [0.2, 0.25) is 0 Å². The lowest BCUT2D eigenvalue weighted by molar-refractivity contribution is -0.384. The van der Waals surface area contributed by atoms with Gasteiger partial charge < -0.3 is 5.32 Å². The van der Waals surface area contributed by atoms with Crippen molar-refractivity contribution in [1.82, 2.24) is 0 Å². The van der Waals surface area contributed by atoms with Crippen LogP contribution in [0.2, 0.25) is 0 Å². The second-order valence-corrected chi connectivity index (χ2v) is 8.06. The Morgan fingerprint density at radius 3 is 2.61 bits per heavy atom. The SMILES string of the molecule is Cc1ccc(C)c([C@@H]2Nc3ccc([N+](=O)[O-])cc3[C@H]3c4ccccc4C[C@H]32)c1. The third-order valence-corrected chi connectivity index (χ3v) is 6.36. The molecule has 0 saturated heterocycles. The van der Waals surface area contributed by atoms with Crippen molar-refractivity contribution in [3.8, 4) is 0 Å². The molecular formula is C24H22N2O2. The Morgan fingerprint density at radius 2 is 1.79 bits per heavy atom. The van der Waals surface area contributed by atoms with E-state index in [1.165, 1.54) is 27.8 Å². The first-order chi connectivity index (χ1) is 13.5. The molecule has 0 bridgehead atoms. The minimum Gasteiger partial charge on any atom is -0.378 e. The number of benzene rings is 3. The maximum Gasteiger partial charge on any atom is 0.269 e. The summed E-state index contributed by atoms with van der Waals surface area (Å²) in [6.45, 7) is 4.29. The average Bonchev–Trinajstić information content (AvgIpc) is 3.08. The van der Waals surface area contributed by atoms with Crippen LogP contribution in [0.4, 0.5) is 11.4 Å². The summed E-state index contributed by atoms with van der Waals surface area (Å²) >= 11 is 0. The highest BCUT2D eigenvalue weighted by atomic mass is 16.6. The van der Waals surface area contributed by atoms with Gasteiger partial charge in [-0.2, -0.15) is 0 Å². The van der Waals surface area contributed by atoms with Crippen molar-refractivity contribution < 1.29 is 4.92 Å². The lowest BCUT2D eigenvalue weighted by atomic mass is 9.74. The lowest BCUT2D eigenvalue weighted by Crippen LogP contribution is -2.31. The van der Waals surface area contributed by atoms with Crippen LogP contribution in [0.15, 0.2) is 60.7 Å². The zero-order valence-electron chi connectivity index (χ0n) is 16.0. The van der Waals surface area contributed by atoms with Crippen LogP contribution >= 0.6 is 0 Å². The minimum atomic E-state index is -0.299. The van der Waals surface area contributed by atoms with Crippen molar-refractivity contribution in [2.45, 2.75) is 32.2 Å². The number of rotatable bonds is 2. The Bertz CT molecular complexity index is 1110. The van der Waals surface area contributed by atoms with Crippen LogP contribution in [-0.4, -0.2) is 4.92 Å². The molecule has 1 aliphatic carbocycles. The summed E-state index contributed by atoms with van der Waals surface area (Å²) in [5.74, 6) is 0.518. The summed E-state index contributed by atoms with van der Waals surface area (Å²) < 4.78 is 0. The molecule has 0 spiro atoms. The summed E-state index contributed by atoms with van der Waals surface area (Å²) in [7, 11) is 0. The van der Waals surface area contributed by atoms with Gasteiger partial charge in [-0.05, 0) is 60.1 Å². The second kappa shape index (κ2) is 6.20. The highest BCUT2D eigenvalue weighted by Gasteiger charge is 2.44. The molecule has 3 aromatic rings. The largest absolute Gasteiger partial charge is 0.378 e. The van der Waals surface area contributed by atoms with Gasteiger partial charge in [0.05, 0.1) is 11.0 Å². The molecule has 1 aliphatic heterocycles. The molecule has 4 nitrogen and oxygen atoms in total. The first-order valence-electron chi connectivity index (χ1n) is 9.73. The summed E-state index contributed by atoms with van der Waals surface area (Å²) in [4.78, 5) is 11.1. The molecule has 1 N–H and O–H groups in total. The van der Waals surface area contributed by atoms with Crippen molar-refractivity contribution >= 4 is 11.4 Å². The Hall–Kier alpha value is -3.14. The summed E-state index contributed by atoms with van der Waals surface area (Å²) in [5, 5.41) is 15.1. The fourth-order valence-electron chi connectivity index (χ4n) is 5.06. The molecule has 3 aromatic carbocycles. The zero-order valence-corrected chi connectivity index (χ0v) is 16.0. The smallest absolute Gasteiger partial charge is 0.269 e. The summed E-state index contributed by atoms with van der Waals surface area (Å²) in [6, 6.07) is 20.6. The van der Waals surface area contributed by atoms with Crippen LogP contribution in [0.5, 0.6) is 0 Å². The first kappa shape index (κ1) is 17.0. The standard InChI is InChI=1S/C24H22N2O2/c1-14-7-8-15(2)19(11-14)24-21-12-16-5-3-4-6-18(16)23(21)20-13-17(26(27)28)9-10-22(20)25-24/h3-11,13,21,23-25H,12H2,1-2H3/t21-,23-,24+/m1/s1. The van der Waals surface area contributed by atoms with E-state index < -0.39 is 0 Å². The number of anilines is 1. The molecule has 0 fully saturated rings. The van der Waals surface area contributed by atoms with Crippen molar-refractivity contribution in [2.75, 3.05) is 5.32 Å². The van der Waals surface area contributed by atoms with Crippen LogP contribution in [-0.2, 0) is 6.42 Å². The van der Waals surface area contributed by atoms with E-state index in [-0.39, 0.29) is 22.6 Å². The molecule has 28 heavy (non-hydrogen) atoms. The predicted molar refractivity (Wildman–Crippen MR) is 111 cm³/mol. The fraction of sp³-hybridized carbons (Fsp3) is 0.250. The maximum absolute atomic E-state index is 11.4. The van der Waals surface area contributed by atoms with E-state index >= 15 is 0 Å². The topological polar surface area (TPSA) is 55.2 Å². The fourth-order valence-corrected chi connectivity index (χ4v) is 5.06. The van der Waals surface area contributed by atoms with Gasteiger partial charge in [-0.3, -0.25) is 10.1 Å². The van der Waals surface area contributed by atoms with Gasteiger partial charge in [-0.1, -0.05) is 48.0 Å². The third-order valence-electron chi connectivity index (χ3n) is 6.36. The predicted octanol–water partition coefficient (Wildman–Crippen LogP) is 5.68. The van der Waals surface area contributed by atoms with E-state index in [1.807, 2.05) is 6.07 Å². The quantitative estimate of drug-likeness (QED) is 0.466. The number of nitro groups is 1. The Morgan fingerprint density at radius 1 is 0.964 bits per heavy atom. The summed E-state index contributed by atoms with van der Waals surface area (Å²) in [6.07, 6.45) is 0.980. The molecule has 4 heteroatoms. The number of aryl methyl sites for hydroxylation is 2. The van der Waals surface area contributed by atoms with E-state index in [9.17, 15) is 10.1 Å². The second-order valence-electron chi connectivity index (χ2n) is 8.06. The van der Waals surface area contributed by atoms with E-state index in [1.54, 1.807) is 12.1 Å². The van der Waals surface area contributed by atoms with Gasteiger partial charge in [0.1, 0.15) is 0 Å². The van der Waals surface area contributed by atoms with Crippen molar-refractivity contribution in [3.63, 3.8) is 0 Å². The van der Waals surface area contributed by atoms with Crippen LogP contribution < -0.4 is 5.32 Å². The number of nitro benzene ring substituents is 1. The van der Waals surface area contributed by atoms with Crippen LogP contribution in [0.3, 0.4) is 0 Å². The average molecular weight is 370 g/mol. The molecule has 2 aliphatic rings. The third kappa shape index (κ3) is 2.52. The normalized spacial score (nSPS) is 22.0. The Labute approximate surface area is 164 Å². The molecule has 0 amide bonds. The molecule has 0 aromatic heterocycles. The zero-order chi connectivity index (χ0) is 19.4. The van der Waals surface area contributed by atoms with Crippen LogP contribution in [0.25, 0.3) is 0 Å². The molecule has 1 heterocycles. The molecule has 0 radical (unpaired) electrons. The van der Waals surface area contributed by atoms with Gasteiger partial charge in [0.25, 0.3) is 5.69 Å². The molecule has 3 atom stereocenters. The van der Waals surface area contributed by atoms with Crippen LogP contribution in [0, 0.1) is 29.9 Å². The van der Waals surface area contributed by atoms with Gasteiger partial charge in [0.15, 0.2) is 0 Å². The van der Waals surface area contributed by atoms with Crippen LogP contribution in [0.1, 0.15) is 45.3 Å². The van der Waals surface area contributed by atoms with Crippen molar-refractivity contribution in [3.05, 3.63) is 104 Å². The van der Waals surface area contributed by atoms with Crippen molar-refractivity contribution in [1.29, 1.82) is 0 Å². The highest BCUT2D eigenvalue weighted by molar-refractivity contribution is 5.65. The number of non-ortho nitro benzene ring substituents is 1. The highest BCUT2D eigenvalue weighted by Crippen LogP contribution is 2.54. The maximum atomic E-state index is 11.4. The Balaban J connectivity index is 1.71. The van der Waals surface area contributed by atoms with Gasteiger partial charge >= 0.3 is 0 Å². The van der Waals surface area contributed by atoms with E-state index in [4.69, 9.17) is 0 Å². The van der Waals surface area contributed by atoms with Crippen molar-refractivity contribution in [2.24, 2.45) is 5.92 Å². The Kier molecular flexibility index (Phi) is 3.76. The number of nitrogens with one attached hydrogen (secondary N) is 1. The molecule has 5 rings (SSSR count). The van der Waals surface area contributed by atoms with E-state index in [0.29, 0.717) is 5.92 Å². The molecular weight excluding hydrogens is 348 g/mol. The van der Waals surface area contributed by atoms with Gasteiger partial charge in [-0.25, -0.2) is 0 Å². The van der Waals surface area contributed by atoms with E-state index in [2.05, 4.69) is 61.6 Å². The number of nitrogens with zero attached hydrogens (tertiary/aromatic N) is 1. The van der Waals surface area contributed by atoms with Gasteiger partial charge in [0, 0.05) is 23.7 Å². The minimum absolute atomic E-state index is 0.161. The summed E-state index contributed by atoms with van der Waals surface area (Å²) in [5.41, 5.74) is 8.74. The number of hydrogen-bond donors (Lipinski definition) is 1. The lowest BCUT2D eigenvalue weighted by Gasteiger charge is -2.38. The van der Waals surface area contributed by atoms with E-state index in [0.717, 1.165) is 17.7 Å². The number of hydrogen-bond acceptors (Lipinski definition) is 3. The number of fused-ring (bicyclic) bond motifs is 5.